The Morgan fingerprint density at radius 1 is 1.75 bits per heavy atom. The standard InChI is InChI=1S/C2H5NO4.Ni/c4-1-2-7-3(5)6;/h4H,1-2H2;. The summed E-state index contributed by atoms with van der Waals surface area (Å²) in [6, 6.07) is 0. The third-order valence-electron chi connectivity index (χ3n) is 0.288. The summed E-state index contributed by atoms with van der Waals surface area (Å²) in [5, 5.41) is 16.2. The van der Waals surface area contributed by atoms with Gasteiger partial charge in [-0.05, 0) is 0 Å². The molecule has 0 saturated carbocycles. The maximum atomic E-state index is 9.23. The number of hydrogen-bond donors (Lipinski definition) is 1. The van der Waals surface area contributed by atoms with Crippen molar-refractivity contribution in [1.29, 1.82) is 0 Å². The average Bonchev–Trinajstić information content (AvgIpc) is 1.61. The van der Waals surface area contributed by atoms with E-state index in [-0.39, 0.29) is 29.7 Å². The summed E-state index contributed by atoms with van der Waals surface area (Å²) in [5.41, 5.74) is 0. The van der Waals surface area contributed by atoms with Crippen LogP contribution in [0.3, 0.4) is 0 Å². The first-order chi connectivity index (χ1) is 3.27. The maximum absolute atomic E-state index is 9.23. The second-order valence-electron chi connectivity index (χ2n) is 0.780. The van der Waals surface area contributed by atoms with Crippen molar-refractivity contribution < 1.29 is 31.5 Å². The fraction of sp³-hybridized carbons (Fsp3) is 1.00. The summed E-state index contributed by atoms with van der Waals surface area (Å²) in [6.45, 7) is -0.562. The van der Waals surface area contributed by atoms with Crippen LogP contribution in [0.1, 0.15) is 0 Å². The van der Waals surface area contributed by atoms with E-state index < -0.39 is 5.09 Å². The first kappa shape index (κ1) is 10.6. The summed E-state index contributed by atoms with van der Waals surface area (Å²) < 4.78 is 0. The summed E-state index contributed by atoms with van der Waals surface area (Å²) in [4.78, 5) is 12.9. The van der Waals surface area contributed by atoms with Gasteiger partial charge in [0.2, 0.25) is 0 Å². The van der Waals surface area contributed by atoms with Crippen LogP contribution in [0.5, 0.6) is 0 Å². The molecule has 0 spiro atoms. The topological polar surface area (TPSA) is 72.6 Å². The summed E-state index contributed by atoms with van der Waals surface area (Å²) in [5.74, 6) is 0. The molecule has 0 heterocycles. The van der Waals surface area contributed by atoms with E-state index in [1.165, 1.54) is 0 Å². The van der Waals surface area contributed by atoms with Crippen molar-refractivity contribution >= 4 is 0 Å². The van der Waals surface area contributed by atoms with Crippen LogP contribution in [0.4, 0.5) is 0 Å². The van der Waals surface area contributed by atoms with Crippen LogP contribution in [0, 0.1) is 10.1 Å². The predicted octanol–water partition coefficient (Wildman–Crippen LogP) is -0.816. The Morgan fingerprint density at radius 2 is 2.25 bits per heavy atom. The summed E-state index contributed by atoms with van der Waals surface area (Å²) in [6.07, 6.45) is 0. The Kier molecular flexibility index (Phi) is 8.82. The van der Waals surface area contributed by atoms with Gasteiger partial charge in [-0.2, -0.15) is 0 Å². The smallest absolute Gasteiger partial charge is 0.294 e. The van der Waals surface area contributed by atoms with Crippen LogP contribution < -0.4 is 0 Å². The van der Waals surface area contributed by atoms with Gasteiger partial charge in [0.25, 0.3) is 5.09 Å². The number of aliphatic hydroxyl groups excluding tert-OH is 1. The van der Waals surface area contributed by atoms with Crippen molar-refractivity contribution in [1.82, 2.24) is 0 Å². The molecule has 0 aromatic rings. The second-order valence-corrected chi connectivity index (χ2v) is 0.780. The zero-order chi connectivity index (χ0) is 5.70. The quantitative estimate of drug-likeness (QED) is 0.337. The molecule has 0 radical (unpaired) electrons. The van der Waals surface area contributed by atoms with E-state index in [4.69, 9.17) is 5.11 Å². The van der Waals surface area contributed by atoms with E-state index in [0.29, 0.717) is 0 Å². The molecule has 0 bridgehead atoms. The third kappa shape index (κ3) is 9.17. The molecule has 8 heavy (non-hydrogen) atoms. The molecular weight excluding hydrogens is 161 g/mol. The third-order valence-corrected chi connectivity index (χ3v) is 0.288. The van der Waals surface area contributed by atoms with Gasteiger partial charge < -0.3 is 9.94 Å². The van der Waals surface area contributed by atoms with E-state index in [2.05, 4.69) is 4.84 Å². The maximum Gasteiger partial charge on any atom is 0.294 e. The average molecular weight is 166 g/mol. The van der Waals surface area contributed by atoms with Gasteiger partial charge in [-0.15, -0.1) is 10.1 Å². The van der Waals surface area contributed by atoms with Gasteiger partial charge in [0, 0.05) is 16.5 Å². The Labute approximate surface area is 55.7 Å². The van der Waals surface area contributed by atoms with Crippen LogP contribution in [0.15, 0.2) is 0 Å². The number of nitrogens with zero attached hydrogens (tertiary/aromatic N) is 1. The van der Waals surface area contributed by atoms with Gasteiger partial charge in [0.15, 0.2) is 0 Å². The molecule has 0 aromatic heterocycles. The molecule has 0 aliphatic rings. The SMILES string of the molecule is O=[N+]([O-])OCCO.[Ni]. The van der Waals surface area contributed by atoms with Crippen LogP contribution in [0.2, 0.25) is 0 Å². The van der Waals surface area contributed by atoms with Crippen molar-refractivity contribution in [2.45, 2.75) is 0 Å². The minimum absolute atomic E-state index is 0. The van der Waals surface area contributed by atoms with Gasteiger partial charge in [-0.3, -0.25) is 0 Å². The minimum Gasteiger partial charge on any atom is -0.394 e. The Bertz CT molecular complexity index is 67.1. The van der Waals surface area contributed by atoms with E-state index in [1.807, 2.05) is 0 Å². The van der Waals surface area contributed by atoms with Crippen LogP contribution >= 0.6 is 0 Å². The van der Waals surface area contributed by atoms with Crippen molar-refractivity contribution in [3.05, 3.63) is 10.1 Å². The Balaban J connectivity index is 0. The van der Waals surface area contributed by atoms with Gasteiger partial charge in [0.05, 0.1) is 6.61 Å². The molecule has 0 amide bonds. The van der Waals surface area contributed by atoms with E-state index in [1.54, 1.807) is 0 Å². The fourth-order valence-electron chi connectivity index (χ4n) is 0.115. The molecule has 0 aromatic carbocycles. The molecule has 0 unspecified atom stereocenters. The van der Waals surface area contributed by atoms with E-state index in [9.17, 15) is 10.1 Å². The molecule has 52 valence electrons. The molecule has 6 heteroatoms. The van der Waals surface area contributed by atoms with Gasteiger partial charge in [0.1, 0.15) is 6.61 Å². The molecule has 5 nitrogen and oxygen atoms in total. The second kappa shape index (κ2) is 6.65. The zero-order valence-electron chi connectivity index (χ0n) is 3.85. The molecule has 1 N–H and O–H groups in total. The normalized spacial score (nSPS) is 7.12. The molecule has 0 rings (SSSR count). The Hall–Kier alpha value is -0.346. The monoisotopic (exact) mass is 165 g/mol. The molecule has 0 aliphatic heterocycles. The van der Waals surface area contributed by atoms with Crippen molar-refractivity contribution in [3.8, 4) is 0 Å². The van der Waals surface area contributed by atoms with Crippen LogP contribution in [-0.4, -0.2) is 23.4 Å². The van der Waals surface area contributed by atoms with Crippen molar-refractivity contribution in [3.63, 3.8) is 0 Å². The molecule has 0 atom stereocenters. The van der Waals surface area contributed by atoms with Crippen molar-refractivity contribution in [2.75, 3.05) is 13.2 Å². The predicted molar refractivity (Wildman–Crippen MR) is 20.0 cm³/mol. The van der Waals surface area contributed by atoms with Crippen LogP contribution in [-0.2, 0) is 21.3 Å². The van der Waals surface area contributed by atoms with Gasteiger partial charge in [-0.25, -0.2) is 0 Å². The zero-order valence-corrected chi connectivity index (χ0v) is 4.84. The van der Waals surface area contributed by atoms with E-state index in [0.717, 1.165) is 0 Å². The van der Waals surface area contributed by atoms with Crippen LogP contribution in [0.25, 0.3) is 0 Å². The fourth-order valence-corrected chi connectivity index (χ4v) is 0.115. The minimum atomic E-state index is -0.948. The first-order valence-corrected chi connectivity index (χ1v) is 1.65. The largest absolute Gasteiger partial charge is 0.394 e. The molecule has 0 saturated heterocycles. The molecular formula is C2H5NNiO4. The van der Waals surface area contributed by atoms with E-state index >= 15 is 0 Å². The van der Waals surface area contributed by atoms with Gasteiger partial charge >= 0.3 is 0 Å². The number of aliphatic hydroxyl groups is 1. The number of rotatable bonds is 3. The van der Waals surface area contributed by atoms with Gasteiger partial charge in [-0.1, -0.05) is 0 Å². The summed E-state index contributed by atoms with van der Waals surface area (Å²) >= 11 is 0. The number of hydrogen-bond acceptors (Lipinski definition) is 4. The molecule has 0 fully saturated rings. The molecule has 0 aliphatic carbocycles. The summed E-state index contributed by atoms with van der Waals surface area (Å²) in [7, 11) is 0. The Morgan fingerprint density at radius 3 is 2.38 bits per heavy atom. The first-order valence-electron chi connectivity index (χ1n) is 1.65. The van der Waals surface area contributed by atoms with Crippen molar-refractivity contribution in [2.24, 2.45) is 0 Å².